The van der Waals surface area contributed by atoms with E-state index in [9.17, 15) is 9.59 Å². The van der Waals surface area contributed by atoms with Crippen LogP contribution in [-0.4, -0.2) is 35.3 Å². The Hall–Kier alpha value is -0.900. The van der Waals surface area contributed by atoms with E-state index < -0.39 is 0 Å². The highest BCUT2D eigenvalue weighted by atomic mass is 16.2. The van der Waals surface area contributed by atoms with E-state index in [0.717, 1.165) is 19.5 Å². The van der Waals surface area contributed by atoms with E-state index >= 15 is 0 Å². The maximum atomic E-state index is 12.1. The molecule has 1 unspecified atom stereocenters. The summed E-state index contributed by atoms with van der Waals surface area (Å²) in [4.78, 5) is 25.7. The third-order valence-electron chi connectivity index (χ3n) is 3.64. The molecule has 0 aromatic rings. The van der Waals surface area contributed by atoms with Gasteiger partial charge in [-0.15, -0.1) is 0 Å². The van der Waals surface area contributed by atoms with Gasteiger partial charge in [0.2, 0.25) is 11.8 Å². The molecule has 2 aliphatic rings. The maximum absolute atomic E-state index is 12.1. The number of nitrogens with zero attached hydrogens (tertiary/aromatic N) is 1. The van der Waals surface area contributed by atoms with Crippen LogP contribution < -0.4 is 5.32 Å². The molecule has 0 radical (unpaired) electrons. The molecule has 2 heterocycles. The molecule has 1 atom stereocenters. The summed E-state index contributed by atoms with van der Waals surface area (Å²) in [5.41, 5.74) is -0.474. The van der Waals surface area contributed by atoms with Crippen molar-refractivity contribution >= 4 is 11.8 Å². The highest BCUT2D eigenvalue weighted by Crippen LogP contribution is 2.36. The van der Waals surface area contributed by atoms with Gasteiger partial charge in [-0.2, -0.15) is 0 Å². The zero-order valence-corrected chi connectivity index (χ0v) is 10.3. The predicted molar refractivity (Wildman–Crippen MR) is 60.8 cm³/mol. The molecule has 16 heavy (non-hydrogen) atoms. The molecule has 2 saturated heterocycles. The minimum absolute atomic E-state index is 0.00699. The van der Waals surface area contributed by atoms with Crippen LogP contribution in [0.4, 0.5) is 0 Å². The first-order chi connectivity index (χ1) is 7.34. The van der Waals surface area contributed by atoms with E-state index in [1.54, 1.807) is 0 Å². The summed E-state index contributed by atoms with van der Waals surface area (Å²) in [6, 6.07) is 0. The Labute approximate surface area is 96.4 Å². The highest BCUT2D eigenvalue weighted by molar-refractivity contribution is 5.99. The Kier molecular flexibility index (Phi) is 2.57. The molecule has 2 amide bonds. The lowest BCUT2D eigenvalue weighted by atomic mass is 9.80. The molecule has 2 rings (SSSR count). The fraction of sp³-hybridized carbons (Fsp3) is 0.833. The number of amides is 2. The molecule has 2 aliphatic heterocycles. The van der Waals surface area contributed by atoms with Crippen LogP contribution in [-0.2, 0) is 9.59 Å². The van der Waals surface area contributed by atoms with Crippen LogP contribution in [0.1, 0.15) is 40.0 Å². The van der Waals surface area contributed by atoms with E-state index in [1.807, 2.05) is 20.8 Å². The Bertz CT molecular complexity index is 310. The van der Waals surface area contributed by atoms with Crippen molar-refractivity contribution in [2.24, 2.45) is 5.41 Å². The Balaban J connectivity index is 2.22. The number of carbonyl (C=O) groups is 2. The summed E-state index contributed by atoms with van der Waals surface area (Å²) >= 11 is 0. The van der Waals surface area contributed by atoms with Crippen molar-refractivity contribution in [3.8, 4) is 0 Å². The molecule has 0 aromatic carbocycles. The third kappa shape index (κ3) is 1.86. The minimum atomic E-state index is -0.301. The van der Waals surface area contributed by atoms with Crippen LogP contribution in [0.2, 0.25) is 0 Å². The van der Waals surface area contributed by atoms with E-state index in [-0.39, 0.29) is 22.8 Å². The van der Waals surface area contributed by atoms with Gasteiger partial charge in [-0.1, -0.05) is 13.8 Å². The lowest BCUT2D eigenvalue weighted by Gasteiger charge is -2.43. The van der Waals surface area contributed by atoms with Gasteiger partial charge in [0.1, 0.15) is 0 Å². The third-order valence-corrected chi connectivity index (χ3v) is 3.64. The van der Waals surface area contributed by atoms with E-state index in [1.165, 1.54) is 4.90 Å². The molecular weight excluding hydrogens is 204 g/mol. The SMILES string of the molecule is CC1(C)CC(=O)N(C2(C)CCNC2)C(=O)C1. The number of nitrogens with one attached hydrogen (secondary N) is 1. The van der Waals surface area contributed by atoms with E-state index in [4.69, 9.17) is 0 Å². The van der Waals surface area contributed by atoms with Gasteiger partial charge in [-0.3, -0.25) is 14.5 Å². The van der Waals surface area contributed by atoms with Crippen molar-refractivity contribution in [2.45, 2.75) is 45.6 Å². The van der Waals surface area contributed by atoms with Crippen molar-refractivity contribution in [3.05, 3.63) is 0 Å². The van der Waals surface area contributed by atoms with Crippen molar-refractivity contribution in [2.75, 3.05) is 13.1 Å². The molecule has 1 N–H and O–H groups in total. The van der Waals surface area contributed by atoms with E-state index in [0.29, 0.717) is 12.8 Å². The normalized spacial score (nSPS) is 34.6. The zero-order chi connectivity index (χ0) is 12.0. The molecule has 2 fully saturated rings. The summed E-state index contributed by atoms with van der Waals surface area (Å²) in [6.45, 7) is 7.58. The molecular formula is C12H20N2O2. The molecule has 0 aromatic heterocycles. The Morgan fingerprint density at radius 2 is 1.69 bits per heavy atom. The second kappa shape index (κ2) is 3.55. The highest BCUT2D eigenvalue weighted by Gasteiger charge is 2.47. The fourth-order valence-corrected chi connectivity index (χ4v) is 2.78. The van der Waals surface area contributed by atoms with Crippen LogP contribution in [0.25, 0.3) is 0 Å². The number of rotatable bonds is 1. The molecule has 90 valence electrons. The summed E-state index contributed by atoms with van der Waals surface area (Å²) in [5, 5.41) is 3.23. The molecule has 0 saturated carbocycles. The van der Waals surface area contributed by atoms with Crippen LogP contribution in [0.3, 0.4) is 0 Å². The maximum Gasteiger partial charge on any atom is 0.230 e. The van der Waals surface area contributed by atoms with Gasteiger partial charge in [0, 0.05) is 19.4 Å². The lowest BCUT2D eigenvalue weighted by Crippen LogP contribution is -2.58. The summed E-state index contributed by atoms with van der Waals surface area (Å²) in [7, 11) is 0. The lowest BCUT2D eigenvalue weighted by molar-refractivity contribution is -0.159. The van der Waals surface area contributed by atoms with Crippen molar-refractivity contribution in [1.29, 1.82) is 0 Å². The first-order valence-electron chi connectivity index (χ1n) is 5.91. The van der Waals surface area contributed by atoms with Crippen molar-refractivity contribution < 1.29 is 9.59 Å². The largest absolute Gasteiger partial charge is 0.314 e. The number of carbonyl (C=O) groups excluding carboxylic acids is 2. The predicted octanol–water partition coefficient (Wildman–Crippen LogP) is 0.914. The summed E-state index contributed by atoms with van der Waals surface area (Å²) in [5.74, 6) is -0.0140. The zero-order valence-electron chi connectivity index (χ0n) is 10.3. The summed E-state index contributed by atoms with van der Waals surface area (Å²) < 4.78 is 0. The number of imide groups is 1. The van der Waals surface area contributed by atoms with Crippen molar-refractivity contribution in [3.63, 3.8) is 0 Å². The number of likely N-dealkylation sites (tertiary alicyclic amines) is 1. The van der Waals surface area contributed by atoms with E-state index in [2.05, 4.69) is 5.32 Å². The minimum Gasteiger partial charge on any atom is -0.314 e. The van der Waals surface area contributed by atoms with Crippen LogP contribution in [0.15, 0.2) is 0 Å². The van der Waals surface area contributed by atoms with Gasteiger partial charge >= 0.3 is 0 Å². The smallest absolute Gasteiger partial charge is 0.230 e. The first kappa shape index (κ1) is 11.6. The fourth-order valence-electron chi connectivity index (χ4n) is 2.78. The average Bonchev–Trinajstić information content (AvgIpc) is 2.48. The van der Waals surface area contributed by atoms with Gasteiger partial charge in [-0.05, 0) is 25.3 Å². The molecule has 4 nitrogen and oxygen atoms in total. The average molecular weight is 224 g/mol. The van der Waals surface area contributed by atoms with Gasteiger partial charge in [0.25, 0.3) is 0 Å². The number of hydrogen-bond donors (Lipinski definition) is 1. The number of piperidine rings is 1. The molecule has 0 bridgehead atoms. The van der Waals surface area contributed by atoms with Gasteiger partial charge in [0.05, 0.1) is 5.54 Å². The quantitative estimate of drug-likeness (QED) is 0.674. The van der Waals surface area contributed by atoms with Crippen molar-refractivity contribution in [1.82, 2.24) is 10.2 Å². The van der Waals surface area contributed by atoms with Gasteiger partial charge in [0.15, 0.2) is 0 Å². The molecule has 0 spiro atoms. The number of hydrogen-bond acceptors (Lipinski definition) is 3. The van der Waals surface area contributed by atoms with Gasteiger partial charge in [-0.25, -0.2) is 0 Å². The van der Waals surface area contributed by atoms with Crippen LogP contribution >= 0.6 is 0 Å². The second-order valence-corrected chi connectivity index (χ2v) is 6.06. The monoisotopic (exact) mass is 224 g/mol. The Morgan fingerprint density at radius 3 is 2.12 bits per heavy atom. The Morgan fingerprint density at radius 1 is 1.12 bits per heavy atom. The molecule has 4 heteroatoms. The second-order valence-electron chi connectivity index (χ2n) is 6.06. The summed E-state index contributed by atoms with van der Waals surface area (Å²) in [6.07, 6.45) is 1.83. The van der Waals surface area contributed by atoms with Gasteiger partial charge < -0.3 is 5.32 Å². The first-order valence-corrected chi connectivity index (χ1v) is 5.91. The standard InChI is InChI=1S/C12H20N2O2/c1-11(2)6-9(15)14(10(16)7-11)12(3)4-5-13-8-12/h13H,4-8H2,1-3H3. The van der Waals surface area contributed by atoms with Crippen LogP contribution in [0, 0.1) is 5.41 Å². The molecule has 0 aliphatic carbocycles. The van der Waals surface area contributed by atoms with Crippen LogP contribution in [0.5, 0.6) is 0 Å². The topological polar surface area (TPSA) is 49.4 Å².